The number of esters is 1. The standard InChI is InChI=1S/C61H80N4O13/c1-38-19-24-61(76-37-38)39(2)58-55(78-61)35-48-45-12-11-42-33-44(20-22-59(42,3)47(45)21-23-60(48,58)4)77-57(71)18-17-56(70)62-25-27-74-29-30-75-28-26-65-36-43(63-64-65)34-46(49(66)13-7-40-9-15-51(68)53(31-40)72-5)50(67)14-8-41-10-16-52(69)54(32-41)73-6/h7-11,13-16,31-32,36,38-39,44-45,47-48,55,58,66,68-69H,12,17-30,33-35,37H2,1-6H3,(H,62,70)/b13-7+,14-8+,49-46-/t38-,39+,44+,45-,47+,48+,55+,58+,59+,60+,61-/m1/s1. The minimum Gasteiger partial charge on any atom is -0.508 e. The Balaban J connectivity index is 0.657. The molecule has 0 radical (unpaired) electrons. The third-order valence-electron chi connectivity index (χ3n) is 18.4. The number of nitrogens with one attached hydrogen (secondary N) is 1. The Morgan fingerprint density at radius 3 is 2.29 bits per heavy atom. The molecule has 9 rings (SSSR count). The summed E-state index contributed by atoms with van der Waals surface area (Å²) >= 11 is 0. The van der Waals surface area contributed by atoms with Crippen molar-refractivity contribution in [3.05, 3.63) is 94.5 Å². The summed E-state index contributed by atoms with van der Waals surface area (Å²) in [6.45, 7) is 12.4. The van der Waals surface area contributed by atoms with Gasteiger partial charge >= 0.3 is 5.97 Å². The fourth-order valence-electron chi connectivity index (χ4n) is 14.2. The Hall–Kier alpha value is -6.01. The summed E-state index contributed by atoms with van der Waals surface area (Å²) in [6.07, 6.45) is 19.7. The molecule has 78 heavy (non-hydrogen) atoms. The maximum Gasteiger partial charge on any atom is 0.306 e. The highest BCUT2D eigenvalue weighted by atomic mass is 16.7. The third kappa shape index (κ3) is 12.4. The van der Waals surface area contributed by atoms with Gasteiger partial charge in [-0.05, 0) is 133 Å². The number of rotatable bonds is 22. The SMILES string of the molecule is COc1cc(/C=C/C(=O)/C(Cc2cn(CCOCCOCCNC(=O)CCC(=O)O[C@H]3CC[C@@]4(C)C(=CC[C@H]5[C@@H]6C[C@@H]7O[C@]8(CC[C@@H](C)CO8)[C@@H](C)[C@@H]7[C@@]6(C)CC[C@@H]54)C3)nn2)=C(O)/C=C/c2ccc(O)c(OC)c2)ccc1O. The largest absolute Gasteiger partial charge is 0.508 e. The van der Waals surface area contributed by atoms with Crippen LogP contribution in [0.25, 0.3) is 12.2 Å². The molecule has 422 valence electrons. The molecule has 1 spiro atoms. The molecular formula is C61H80N4O13. The quantitative estimate of drug-likeness (QED) is 0.0184. The van der Waals surface area contributed by atoms with Gasteiger partial charge in [0.25, 0.3) is 0 Å². The van der Waals surface area contributed by atoms with Crippen LogP contribution in [-0.4, -0.2) is 120 Å². The molecule has 2 aliphatic heterocycles. The smallest absolute Gasteiger partial charge is 0.306 e. The molecule has 1 aromatic heterocycles. The second-order valence-corrected chi connectivity index (χ2v) is 23.1. The van der Waals surface area contributed by atoms with Crippen molar-refractivity contribution < 1.29 is 62.9 Å². The van der Waals surface area contributed by atoms with Gasteiger partial charge in [-0.2, -0.15) is 0 Å². The zero-order valence-electron chi connectivity index (χ0n) is 46.2. The summed E-state index contributed by atoms with van der Waals surface area (Å²) in [5, 5.41) is 42.4. The lowest BCUT2D eigenvalue weighted by Gasteiger charge is -2.58. The van der Waals surface area contributed by atoms with Crippen LogP contribution < -0.4 is 14.8 Å². The number of carbonyl (C=O) groups excluding carboxylic acids is 3. The number of nitrogens with zero attached hydrogens (tertiary/aromatic N) is 3. The predicted octanol–water partition coefficient (Wildman–Crippen LogP) is 9.27. The number of allylic oxidation sites excluding steroid dienone is 4. The van der Waals surface area contributed by atoms with Crippen molar-refractivity contribution in [1.29, 1.82) is 0 Å². The van der Waals surface area contributed by atoms with Crippen molar-refractivity contribution in [3.8, 4) is 23.0 Å². The molecular weight excluding hydrogens is 997 g/mol. The van der Waals surface area contributed by atoms with Crippen molar-refractivity contribution in [2.45, 2.75) is 129 Å². The van der Waals surface area contributed by atoms with Gasteiger partial charge in [0.05, 0.1) is 72.0 Å². The normalized spacial score (nSPS) is 30.5. The Morgan fingerprint density at radius 1 is 0.872 bits per heavy atom. The van der Waals surface area contributed by atoms with E-state index in [9.17, 15) is 29.7 Å². The first kappa shape index (κ1) is 56.7. The van der Waals surface area contributed by atoms with E-state index >= 15 is 0 Å². The predicted molar refractivity (Wildman–Crippen MR) is 291 cm³/mol. The van der Waals surface area contributed by atoms with Gasteiger partial charge in [-0.3, -0.25) is 14.4 Å². The lowest BCUT2D eigenvalue weighted by atomic mass is 9.47. The van der Waals surface area contributed by atoms with Crippen LogP contribution in [0.15, 0.2) is 77.7 Å². The van der Waals surface area contributed by atoms with E-state index in [-0.39, 0.29) is 94.8 Å². The van der Waals surface area contributed by atoms with Crippen molar-refractivity contribution in [2.24, 2.45) is 46.3 Å². The number of amides is 1. The molecule has 0 bridgehead atoms. The number of ketones is 1. The zero-order valence-corrected chi connectivity index (χ0v) is 46.2. The molecule has 5 fully saturated rings. The first-order valence-electron chi connectivity index (χ1n) is 28.1. The van der Waals surface area contributed by atoms with Crippen LogP contribution in [0, 0.1) is 46.3 Å². The number of benzene rings is 2. The van der Waals surface area contributed by atoms with E-state index in [2.05, 4.69) is 49.4 Å². The number of ether oxygens (including phenoxy) is 7. The van der Waals surface area contributed by atoms with Crippen molar-refractivity contribution >= 4 is 29.8 Å². The lowest BCUT2D eigenvalue weighted by molar-refractivity contribution is -0.272. The van der Waals surface area contributed by atoms with E-state index in [1.807, 2.05) is 0 Å². The molecule has 0 unspecified atom stereocenters. The van der Waals surface area contributed by atoms with Gasteiger partial charge in [-0.25, -0.2) is 4.68 Å². The van der Waals surface area contributed by atoms with E-state index in [0.29, 0.717) is 91.3 Å². The topological polar surface area (TPSA) is 219 Å². The highest BCUT2D eigenvalue weighted by Crippen LogP contribution is 2.70. The van der Waals surface area contributed by atoms with Crippen LogP contribution in [0.2, 0.25) is 0 Å². The highest BCUT2D eigenvalue weighted by Gasteiger charge is 2.68. The van der Waals surface area contributed by atoms with Crippen LogP contribution in [0.3, 0.4) is 0 Å². The van der Waals surface area contributed by atoms with Crippen LogP contribution in [0.4, 0.5) is 0 Å². The number of hydrogen-bond acceptors (Lipinski definition) is 15. The minimum absolute atomic E-state index is 0.0315. The average Bonchev–Trinajstić information content (AvgIpc) is 4.31. The Bertz CT molecular complexity index is 2760. The summed E-state index contributed by atoms with van der Waals surface area (Å²) in [5.41, 5.74) is 3.55. The number of aromatic nitrogens is 3. The molecule has 6 aliphatic rings. The molecule has 3 saturated carbocycles. The number of aliphatic hydroxyl groups excluding tert-OH is 1. The van der Waals surface area contributed by atoms with Gasteiger partial charge in [0.15, 0.2) is 34.6 Å². The van der Waals surface area contributed by atoms with Crippen LogP contribution >= 0.6 is 0 Å². The van der Waals surface area contributed by atoms with E-state index in [1.54, 1.807) is 47.3 Å². The van der Waals surface area contributed by atoms with Gasteiger partial charge < -0.3 is 53.8 Å². The molecule has 1 amide bonds. The van der Waals surface area contributed by atoms with E-state index in [1.165, 1.54) is 63.3 Å². The van der Waals surface area contributed by atoms with E-state index < -0.39 is 5.78 Å². The second kappa shape index (κ2) is 24.6. The fraction of sp³-hybridized carbons (Fsp3) is 0.590. The van der Waals surface area contributed by atoms with Gasteiger partial charge in [0.1, 0.15) is 11.9 Å². The summed E-state index contributed by atoms with van der Waals surface area (Å²) < 4.78 is 42.9. The van der Waals surface area contributed by atoms with E-state index in [0.717, 1.165) is 45.1 Å². The minimum atomic E-state index is -0.482. The van der Waals surface area contributed by atoms with E-state index in [4.69, 9.17) is 33.2 Å². The number of hydrogen-bond donors (Lipinski definition) is 4. The van der Waals surface area contributed by atoms with Crippen molar-refractivity contribution in [3.63, 3.8) is 0 Å². The van der Waals surface area contributed by atoms with Crippen LogP contribution in [-0.2, 0) is 51.0 Å². The number of phenols is 2. The monoisotopic (exact) mass is 1080 g/mol. The second-order valence-electron chi connectivity index (χ2n) is 23.1. The molecule has 4 aliphatic carbocycles. The number of aromatic hydroxyl groups is 2. The Kier molecular flexibility index (Phi) is 17.9. The molecule has 17 nitrogen and oxygen atoms in total. The average molecular weight is 1080 g/mol. The van der Waals surface area contributed by atoms with Gasteiger partial charge in [0, 0.05) is 49.9 Å². The third-order valence-corrected chi connectivity index (χ3v) is 18.4. The molecule has 2 saturated heterocycles. The molecule has 11 atom stereocenters. The molecule has 4 N–H and O–H groups in total. The molecule has 3 heterocycles. The first-order chi connectivity index (χ1) is 37.5. The fourth-order valence-corrected chi connectivity index (χ4v) is 14.2. The Morgan fingerprint density at radius 2 is 1.59 bits per heavy atom. The van der Waals surface area contributed by atoms with Crippen molar-refractivity contribution in [1.82, 2.24) is 20.3 Å². The zero-order chi connectivity index (χ0) is 55.2. The maximum atomic E-state index is 13.6. The molecule has 2 aromatic carbocycles. The molecule has 17 heteroatoms. The maximum absolute atomic E-state index is 13.6. The molecule has 3 aromatic rings. The van der Waals surface area contributed by atoms with Crippen molar-refractivity contribution in [2.75, 3.05) is 53.8 Å². The number of carbonyl (C=O) groups is 3. The van der Waals surface area contributed by atoms with Gasteiger partial charge in [-0.1, -0.05) is 68.8 Å². The Labute approximate surface area is 458 Å². The highest BCUT2D eigenvalue weighted by molar-refractivity contribution is 6.07. The van der Waals surface area contributed by atoms with Gasteiger partial charge in [-0.15, -0.1) is 5.10 Å². The van der Waals surface area contributed by atoms with Crippen LogP contribution in [0.5, 0.6) is 23.0 Å². The summed E-state index contributed by atoms with van der Waals surface area (Å²) in [7, 11) is 2.86. The first-order valence-corrected chi connectivity index (χ1v) is 28.1. The number of fused-ring (bicyclic) bond motifs is 7. The lowest BCUT2D eigenvalue weighted by Crippen LogP contribution is -2.52. The van der Waals surface area contributed by atoms with Gasteiger partial charge in [0.2, 0.25) is 5.91 Å². The summed E-state index contributed by atoms with van der Waals surface area (Å²) in [6, 6.07) is 9.35. The number of methoxy groups -OCH3 is 2. The number of phenolic OH excluding ortho intramolecular Hbond substituents is 2. The summed E-state index contributed by atoms with van der Waals surface area (Å²) in [4.78, 5) is 39.2. The summed E-state index contributed by atoms with van der Waals surface area (Å²) in [5.74, 6) is 2.21. The van der Waals surface area contributed by atoms with Crippen LogP contribution in [0.1, 0.15) is 115 Å². The number of aliphatic hydroxyl groups is 1.